The van der Waals surface area contributed by atoms with Gasteiger partial charge in [-0.15, -0.1) is 5.12 Å². The van der Waals surface area contributed by atoms with Gasteiger partial charge in [0.25, 0.3) is 12.2 Å². The molecule has 2 aromatic carbocycles. The summed E-state index contributed by atoms with van der Waals surface area (Å²) in [5.74, 6) is 0. The lowest BCUT2D eigenvalue weighted by Crippen LogP contribution is -2.06. The number of nitrogen functional groups attached to an aromatic ring is 1. The van der Waals surface area contributed by atoms with Crippen LogP contribution < -0.4 is 10.9 Å². The third-order valence-corrected chi connectivity index (χ3v) is 2.61. The highest BCUT2D eigenvalue weighted by atomic mass is 16.1. The van der Waals surface area contributed by atoms with Gasteiger partial charge in [-0.25, -0.2) is 9.59 Å². The van der Waals surface area contributed by atoms with Crippen LogP contribution >= 0.6 is 0 Å². The molecule has 98 valence electrons. The van der Waals surface area contributed by atoms with Gasteiger partial charge in [0.2, 0.25) is 0 Å². The molecular weight excluding hydrogens is 256 g/mol. The standard InChI is InChI=1S/C14H10N4O2/c15-13-5-1-11(2-6-13)12-3-7-14(8-4-12)18(16-9-19)17-10-20/h1-8H,15H2. The molecule has 0 fully saturated rings. The van der Waals surface area contributed by atoms with Crippen LogP contribution in [0.5, 0.6) is 0 Å². The van der Waals surface area contributed by atoms with Crippen molar-refractivity contribution in [2.45, 2.75) is 0 Å². The van der Waals surface area contributed by atoms with Gasteiger partial charge in [0.1, 0.15) is 0 Å². The molecule has 0 aliphatic heterocycles. The Balaban J connectivity index is 2.31. The van der Waals surface area contributed by atoms with Crippen molar-refractivity contribution in [2.24, 2.45) is 10.2 Å². The lowest BCUT2D eigenvalue weighted by Gasteiger charge is -2.09. The third-order valence-electron chi connectivity index (χ3n) is 2.61. The Labute approximate surface area is 114 Å². The van der Waals surface area contributed by atoms with Gasteiger partial charge in [-0.3, -0.25) is 0 Å². The van der Waals surface area contributed by atoms with E-state index in [1.807, 2.05) is 36.4 Å². The normalized spacial score (nSPS) is 9.20. The summed E-state index contributed by atoms with van der Waals surface area (Å²) in [5, 5.41) is 7.41. The van der Waals surface area contributed by atoms with Crippen molar-refractivity contribution < 1.29 is 9.59 Å². The minimum absolute atomic E-state index is 0.455. The van der Waals surface area contributed by atoms with Crippen molar-refractivity contribution in [3.05, 3.63) is 48.5 Å². The highest BCUT2D eigenvalue weighted by Gasteiger charge is 2.04. The van der Waals surface area contributed by atoms with Gasteiger partial charge in [0.05, 0.1) is 5.69 Å². The highest BCUT2D eigenvalue weighted by molar-refractivity contribution is 5.68. The number of rotatable bonds is 4. The molecule has 6 nitrogen and oxygen atoms in total. The van der Waals surface area contributed by atoms with Crippen LogP contribution in [0.1, 0.15) is 0 Å². The van der Waals surface area contributed by atoms with E-state index in [4.69, 9.17) is 5.73 Å². The van der Waals surface area contributed by atoms with E-state index in [1.54, 1.807) is 12.1 Å². The second kappa shape index (κ2) is 6.11. The number of anilines is 2. The summed E-state index contributed by atoms with van der Waals surface area (Å²) < 4.78 is 0. The molecule has 0 radical (unpaired) electrons. The average molecular weight is 266 g/mol. The van der Waals surface area contributed by atoms with Gasteiger partial charge < -0.3 is 5.73 Å². The number of hydrogen-bond acceptors (Lipinski definition) is 6. The van der Waals surface area contributed by atoms with Gasteiger partial charge in [0.15, 0.2) is 0 Å². The molecule has 0 heterocycles. The molecule has 0 aromatic heterocycles. The Hall–Kier alpha value is -3.20. The van der Waals surface area contributed by atoms with Crippen LogP contribution in [0.2, 0.25) is 0 Å². The second-order valence-electron chi connectivity index (χ2n) is 3.84. The minimum Gasteiger partial charge on any atom is -0.399 e. The predicted octanol–water partition coefficient (Wildman–Crippen LogP) is 2.24. The smallest absolute Gasteiger partial charge is 0.260 e. The average Bonchev–Trinajstić information content (AvgIpc) is 2.48. The molecule has 2 N–H and O–H groups in total. The Kier molecular flexibility index (Phi) is 4.04. The van der Waals surface area contributed by atoms with Crippen LogP contribution in [0, 0.1) is 0 Å². The maximum Gasteiger partial charge on any atom is 0.260 e. The number of hydrogen-bond donors (Lipinski definition) is 1. The van der Waals surface area contributed by atoms with Crippen molar-refractivity contribution in [2.75, 3.05) is 10.9 Å². The molecule has 6 heteroatoms. The first-order valence-electron chi connectivity index (χ1n) is 5.66. The Morgan fingerprint density at radius 1 is 0.800 bits per heavy atom. The van der Waals surface area contributed by atoms with Gasteiger partial charge in [-0.2, -0.15) is 0 Å². The molecule has 2 rings (SSSR count). The van der Waals surface area contributed by atoms with Gasteiger partial charge in [-0.05, 0) is 35.4 Å². The third kappa shape index (κ3) is 2.97. The summed E-state index contributed by atoms with van der Waals surface area (Å²) in [4.78, 5) is 20.5. The fraction of sp³-hybridized carbons (Fsp3) is 0. The molecule has 0 aliphatic rings. The summed E-state index contributed by atoms with van der Waals surface area (Å²) in [6.07, 6.45) is 2.64. The van der Waals surface area contributed by atoms with Crippen LogP contribution in [0.3, 0.4) is 0 Å². The molecule has 0 unspecified atom stereocenters. The summed E-state index contributed by atoms with van der Waals surface area (Å²) in [6.45, 7) is 0. The van der Waals surface area contributed by atoms with E-state index in [0.717, 1.165) is 16.2 Å². The maximum atomic E-state index is 10.2. The van der Waals surface area contributed by atoms with E-state index < -0.39 is 0 Å². The van der Waals surface area contributed by atoms with Crippen LogP contribution in [-0.4, -0.2) is 12.2 Å². The van der Waals surface area contributed by atoms with Crippen LogP contribution in [0.25, 0.3) is 11.1 Å². The van der Waals surface area contributed by atoms with E-state index >= 15 is 0 Å². The predicted molar refractivity (Wildman–Crippen MR) is 75.0 cm³/mol. The van der Waals surface area contributed by atoms with Crippen LogP contribution in [-0.2, 0) is 9.59 Å². The molecule has 0 saturated heterocycles. The van der Waals surface area contributed by atoms with E-state index in [2.05, 4.69) is 10.2 Å². The first-order chi connectivity index (χ1) is 9.74. The topological polar surface area (TPSA) is 88.1 Å². The molecule has 0 amide bonds. The fourth-order valence-corrected chi connectivity index (χ4v) is 1.68. The summed E-state index contributed by atoms with van der Waals surface area (Å²) in [7, 11) is 0. The van der Waals surface area contributed by atoms with E-state index in [-0.39, 0.29) is 0 Å². The molecule has 0 saturated carbocycles. The van der Waals surface area contributed by atoms with Crippen molar-refractivity contribution >= 4 is 23.5 Å². The number of hydrazone groups is 2. The van der Waals surface area contributed by atoms with Gasteiger partial charge >= 0.3 is 0 Å². The number of benzene rings is 2. The molecule has 20 heavy (non-hydrogen) atoms. The van der Waals surface area contributed by atoms with Crippen LogP contribution in [0.15, 0.2) is 58.7 Å². The highest BCUT2D eigenvalue weighted by Crippen LogP contribution is 2.24. The quantitative estimate of drug-likeness (QED) is 0.398. The minimum atomic E-state index is 0.455. The maximum absolute atomic E-state index is 10.2. The first-order valence-corrected chi connectivity index (χ1v) is 5.66. The summed E-state index contributed by atoms with van der Waals surface area (Å²) in [6, 6.07) is 14.4. The number of carbonyl (C=O) groups excluding carboxylic acids is 2. The largest absolute Gasteiger partial charge is 0.399 e. The molecule has 0 spiro atoms. The fourth-order valence-electron chi connectivity index (χ4n) is 1.68. The molecule has 0 bridgehead atoms. The zero-order chi connectivity index (χ0) is 14.4. The summed E-state index contributed by atoms with van der Waals surface area (Å²) in [5.41, 5.74) is 8.73. The zero-order valence-electron chi connectivity index (χ0n) is 10.4. The van der Waals surface area contributed by atoms with Gasteiger partial charge in [-0.1, -0.05) is 34.5 Å². The Bertz CT molecular complexity index is 664. The Morgan fingerprint density at radius 2 is 1.25 bits per heavy atom. The van der Waals surface area contributed by atoms with Crippen LogP contribution in [0.4, 0.5) is 11.4 Å². The molecular formula is C14H10N4O2. The number of nitrogens with two attached hydrogens (primary N) is 1. The number of isocyanates is 2. The monoisotopic (exact) mass is 266 g/mol. The van der Waals surface area contributed by atoms with Crippen molar-refractivity contribution in [1.29, 1.82) is 0 Å². The van der Waals surface area contributed by atoms with Gasteiger partial charge in [0, 0.05) is 5.69 Å². The lowest BCUT2D eigenvalue weighted by molar-refractivity contribution is 0.558. The molecule has 2 aromatic rings. The van der Waals surface area contributed by atoms with Crippen molar-refractivity contribution in [3.8, 4) is 11.1 Å². The van der Waals surface area contributed by atoms with Crippen molar-refractivity contribution in [1.82, 2.24) is 0 Å². The van der Waals surface area contributed by atoms with E-state index in [1.165, 1.54) is 12.2 Å². The van der Waals surface area contributed by atoms with Crippen molar-refractivity contribution in [3.63, 3.8) is 0 Å². The SMILES string of the molecule is Nc1ccc(-c2ccc(N(N=C=O)N=C=O)cc2)cc1. The molecule has 0 aliphatic carbocycles. The molecule has 0 atom stereocenters. The Morgan fingerprint density at radius 3 is 1.70 bits per heavy atom. The second-order valence-corrected chi connectivity index (χ2v) is 3.84. The summed E-state index contributed by atoms with van der Waals surface area (Å²) >= 11 is 0. The number of nitrogens with zero attached hydrogens (tertiary/aromatic N) is 3. The first kappa shape index (κ1) is 13.2. The van der Waals surface area contributed by atoms with E-state index in [0.29, 0.717) is 11.4 Å². The van der Waals surface area contributed by atoms with E-state index in [9.17, 15) is 9.59 Å². The lowest BCUT2D eigenvalue weighted by atomic mass is 10.1. The zero-order valence-corrected chi connectivity index (χ0v) is 10.4.